The molecule has 0 spiro atoms. The maximum atomic E-state index is 12.3. The molecule has 0 aromatic carbocycles. The van der Waals surface area contributed by atoms with Gasteiger partial charge in [-0.2, -0.15) is 0 Å². The molecular weight excluding hydrogens is 260 g/mol. The lowest BCUT2D eigenvalue weighted by atomic mass is 9.67. The zero-order valence-corrected chi connectivity index (χ0v) is 12.4. The van der Waals surface area contributed by atoms with E-state index in [0.29, 0.717) is 18.7 Å². The van der Waals surface area contributed by atoms with E-state index in [4.69, 9.17) is 10.6 Å². The molecule has 0 saturated carbocycles. The molecule has 2 unspecified atom stereocenters. The number of hydrogen-bond donors (Lipinski definition) is 2. The van der Waals surface area contributed by atoms with Gasteiger partial charge in [0.1, 0.15) is 12.4 Å². The molecule has 0 fully saturated rings. The van der Waals surface area contributed by atoms with Gasteiger partial charge in [-0.25, -0.2) is 0 Å². The van der Waals surface area contributed by atoms with Gasteiger partial charge in [-0.05, 0) is 20.3 Å². The number of carbonyl (C=O) groups is 2. The van der Waals surface area contributed by atoms with Gasteiger partial charge in [0.2, 0.25) is 5.91 Å². The number of ketones is 1. The minimum Gasteiger partial charge on any atom is -0.511 e. The van der Waals surface area contributed by atoms with Crippen molar-refractivity contribution in [2.75, 3.05) is 6.61 Å². The Morgan fingerprint density at radius 1 is 1.55 bits per heavy atom. The molecule has 0 aromatic heterocycles. The summed E-state index contributed by atoms with van der Waals surface area (Å²) in [6.07, 6.45) is 0.416. The van der Waals surface area contributed by atoms with Gasteiger partial charge >= 0.3 is 0 Å². The molecule has 1 amide bonds. The molecule has 0 bridgehead atoms. The van der Waals surface area contributed by atoms with Gasteiger partial charge in [0.25, 0.3) is 0 Å². The second kappa shape index (κ2) is 6.07. The average Bonchev–Trinajstić information content (AvgIpc) is 2.39. The number of rotatable bonds is 5. The third-order valence-electron chi connectivity index (χ3n) is 3.92. The second-order valence-corrected chi connectivity index (χ2v) is 5.17. The summed E-state index contributed by atoms with van der Waals surface area (Å²) < 4.78 is 0. The van der Waals surface area contributed by atoms with Gasteiger partial charge in [0.15, 0.2) is 5.78 Å². The van der Waals surface area contributed by atoms with Crippen LogP contribution >= 0.6 is 0 Å². The molecule has 0 aromatic rings. The third-order valence-corrected chi connectivity index (χ3v) is 3.92. The molecule has 0 heterocycles. The Bertz CT molecular complexity index is 482. The molecule has 2 atom stereocenters. The number of oxime groups is 1. The van der Waals surface area contributed by atoms with E-state index in [0.717, 1.165) is 0 Å². The lowest BCUT2D eigenvalue weighted by Gasteiger charge is -2.36. The Labute approximate surface area is 118 Å². The van der Waals surface area contributed by atoms with Crippen molar-refractivity contribution in [1.29, 1.82) is 0 Å². The largest absolute Gasteiger partial charge is 0.511 e. The molecule has 6 heteroatoms. The quantitative estimate of drug-likeness (QED) is 0.591. The number of aliphatic hydroxyl groups is 1. The monoisotopic (exact) mass is 282 g/mol. The number of nitrogens with two attached hydrogens (primary N) is 1. The summed E-state index contributed by atoms with van der Waals surface area (Å²) in [5.41, 5.74) is 4.85. The van der Waals surface area contributed by atoms with Crippen molar-refractivity contribution >= 4 is 17.4 Å². The van der Waals surface area contributed by atoms with Crippen molar-refractivity contribution in [2.24, 2.45) is 22.2 Å². The fraction of sp³-hybridized carbons (Fsp3) is 0.643. The van der Waals surface area contributed by atoms with Crippen molar-refractivity contribution < 1.29 is 19.5 Å². The molecule has 112 valence electrons. The number of aliphatic hydroxyl groups excluding tert-OH is 1. The molecule has 1 aliphatic rings. The van der Waals surface area contributed by atoms with Crippen LogP contribution in [0.15, 0.2) is 16.5 Å². The number of hydrogen-bond acceptors (Lipinski definition) is 5. The van der Waals surface area contributed by atoms with Crippen LogP contribution in [0.3, 0.4) is 0 Å². The van der Waals surface area contributed by atoms with Crippen LogP contribution in [0.4, 0.5) is 0 Å². The van der Waals surface area contributed by atoms with E-state index in [1.165, 1.54) is 0 Å². The number of amides is 1. The summed E-state index contributed by atoms with van der Waals surface area (Å²) in [5, 5.41) is 14.2. The number of carbonyl (C=O) groups excluding carboxylic acids is 2. The summed E-state index contributed by atoms with van der Waals surface area (Å²) in [4.78, 5) is 28.8. The maximum absolute atomic E-state index is 12.3. The van der Waals surface area contributed by atoms with Gasteiger partial charge in [0, 0.05) is 12.3 Å². The first-order valence-corrected chi connectivity index (χ1v) is 6.74. The van der Waals surface area contributed by atoms with Crippen molar-refractivity contribution in [3.8, 4) is 0 Å². The molecule has 0 aliphatic heterocycles. The number of primary amides is 1. The maximum Gasteiger partial charge on any atom is 0.224 e. The van der Waals surface area contributed by atoms with E-state index >= 15 is 0 Å². The first-order chi connectivity index (χ1) is 9.29. The second-order valence-electron chi connectivity index (χ2n) is 5.17. The molecule has 0 saturated heterocycles. The normalized spacial score (nSPS) is 27.7. The van der Waals surface area contributed by atoms with Gasteiger partial charge < -0.3 is 15.7 Å². The topological polar surface area (TPSA) is 102 Å². The highest BCUT2D eigenvalue weighted by atomic mass is 16.6. The molecule has 1 rings (SSSR count). The average molecular weight is 282 g/mol. The van der Waals surface area contributed by atoms with Crippen LogP contribution in [0, 0.1) is 11.3 Å². The minimum absolute atomic E-state index is 0.0337. The Morgan fingerprint density at radius 3 is 2.60 bits per heavy atom. The van der Waals surface area contributed by atoms with E-state index in [-0.39, 0.29) is 23.5 Å². The van der Waals surface area contributed by atoms with E-state index in [1.807, 2.05) is 6.92 Å². The number of nitrogens with zero attached hydrogens (tertiary/aromatic N) is 1. The smallest absolute Gasteiger partial charge is 0.224 e. The van der Waals surface area contributed by atoms with Crippen molar-refractivity contribution in [1.82, 2.24) is 0 Å². The first-order valence-electron chi connectivity index (χ1n) is 6.74. The summed E-state index contributed by atoms with van der Waals surface area (Å²) in [7, 11) is 0. The molecule has 3 N–H and O–H groups in total. The molecular formula is C14H22N2O4. The van der Waals surface area contributed by atoms with E-state index in [2.05, 4.69) is 5.16 Å². The Balaban J connectivity index is 3.30. The number of allylic oxidation sites excluding steroid dienone is 2. The predicted molar refractivity (Wildman–Crippen MR) is 75.1 cm³/mol. The van der Waals surface area contributed by atoms with Crippen LogP contribution in [0.5, 0.6) is 0 Å². The van der Waals surface area contributed by atoms with E-state index in [1.54, 1.807) is 20.8 Å². The predicted octanol–water partition coefficient (Wildman–Crippen LogP) is 1.70. The molecule has 1 aliphatic carbocycles. The molecule has 0 radical (unpaired) electrons. The van der Waals surface area contributed by atoms with E-state index in [9.17, 15) is 14.7 Å². The zero-order valence-electron chi connectivity index (χ0n) is 12.4. The van der Waals surface area contributed by atoms with Crippen LogP contribution in [-0.2, 0) is 14.4 Å². The summed E-state index contributed by atoms with van der Waals surface area (Å²) in [6, 6.07) is 0. The molecule has 6 nitrogen and oxygen atoms in total. The Kier molecular flexibility index (Phi) is 4.92. The van der Waals surface area contributed by atoms with Crippen molar-refractivity contribution in [3.05, 3.63) is 11.3 Å². The lowest BCUT2D eigenvalue weighted by Crippen LogP contribution is -2.46. The lowest BCUT2D eigenvalue weighted by molar-refractivity contribution is -0.135. The standard InChI is InChI=1S/C14H22N2O4/c1-5-9(16-20-6-2)11-10(17)7-14(4,13(15)19)8(3)12(11)18/h8,18H,5-7H2,1-4H3,(H2,15,19). The highest BCUT2D eigenvalue weighted by molar-refractivity contribution is 6.23. The van der Waals surface area contributed by atoms with Crippen LogP contribution in [0.2, 0.25) is 0 Å². The SMILES string of the molecule is CCON=C(CC)C1=C(O)C(C)C(C)(C(N)=O)CC1=O. The van der Waals surface area contributed by atoms with Crippen LogP contribution < -0.4 is 5.73 Å². The molecule has 20 heavy (non-hydrogen) atoms. The van der Waals surface area contributed by atoms with Gasteiger partial charge in [0.05, 0.1) is 16.7 Å². The van der Waals surface area contributed by atoms with Crippen molar-refractivity contribution in [3.63, 3.8) is 0 Å². The minimum atomic E-state index is -1.07. The fourth-order valence-corrected chi connectivity index (χ4v) is 2.27. The van der Waals surface area contributed by atoms with Crippen LogP contribution in [0.1, 0.15) is 40.5 Å². The van der Waals surface area contributed by atoms with Gasteiger partial charge in [-0.3, -0.25) is 9.59 Å². The Morgan fingerprint density at radius 2 is 2.15 bits per heavy atom. The van der Waals surface area contributed by atoms with Gasteiger partial charge in [-0.1, -0.05) is 19.0 Å². The highest BCUT2D eigenvalue weighted by Gasteiger charge is 2.47. The summed E-state index contributed by atoms with van der Waals surface area (Å²) in [5.74, 6) is -1.60. The van der Waals surface area contributed by atoms with Gasteiger partial charge in [-0.15, -0.1) is 0 Å². The summed E-state index contributed by atoms with van der Waals surface area (Å²) >= 11 is 0. The first kappa shape index (κ1) is 16.2. The number of Topliss-reactive ketones (excluding diaryl/α,β-unsaturated/α-hetero) is 1. The van der Waals surface area contributed by atoms with Crippen LogP contribution in [-0.4, -0.2) is 29.1 Å². The summed E-state index contributed by atoms with van der Waals surface area (Å²) in [6.45, 7) is 7.25. The third kappa shape index (κ3) is 2.69. The van der Waals surface area contributed by atoms with Crippen LogP contribution in [0.25, 0.3) is 0 Å². The van der Waals surface area contributed by atoms with E-state index < -0.39 is 17.2 Å². The van der Waals surface area contributed by atoms with Crippen molar-refractivity contribution in [2.45, 2.75) is 40.5 Å². The zero-order chi connectivity index (χ0) is 15.5. The highest BCUT2D eigenvalue weighted by Crippen LogP contribution is 2.41. The fourth-order valence-electron chi connectivity index (χ4n) is 2.27. The Hall–Kier alpha value is -1.85.